The number of nitrogens with one attached hydrogen (secondary N) is 1. The molecule has 0 spiro atoms. The molecule has 0 aliphatic heterocycles. The van der Waals surface area contributed by atoms with E-state index in [0.29, 0.717) is 17.9 Å². The van der Waals surface area contributed by atoms with Gasteiger partial charge < -0.3 is 14.4 Å². The van der Waals surface area contributed by atoms with Crippen molar-refractivity contribution in [3.63, 3.8) is 0 Å². The second kappa shape index (κ2) is 6.91. The number of ketones is 1. The van der Waals surface area contributed by atoms with E-state index in [1.165, 1.54) is 0 Å². The number of carbonyl (C=O) groups excluding carboxylic acids is 2. The molecule has 0 bridgehead atoms. The highest BCUT2D eigenvalue weighted by molar-refractivity contribution is 6.42. The topological polar surface area (TPSA) is 90.0 Å². The SMILES string of the molecule is Cn1cccc1C(=O)C(=O)NCc1nc(Cc2ccccc2)no1. The van der Waals surface area contributed by atoms with Gasteiger partial charge in [0.25, 0.3) is 11.7 Å². The molecule has 0 atom stereocenters. The maximum Gasteiger partial charge on any atom is 0.294 e. The van der Waals surface area contributed by atoms with Crippen LogP contribution in [0.5, 0.6) is 0 Å². The van der Waals surface area contributed by atoms with Gasteiger partial charge in [-0.1, -0.05) is 35.5 Å². The van der Waals surface area contributed by atoms with E-state index >= 15 is 0 Å². The Morgan fingerprint density at radius 2 is 1.96 bits per heavy atom. The first-order valence-corrected chi connectivity index (χ1v) is 7.43. The molecule has 0 aliphatic carbocycles. The normalized spacial score (nSPS) is 10.5. The molecule has 7 heteroatoms. The zero-order chi connectivity index (χ0) is 16.9. The van der Waals surface area contributed by atoms with Gasteiger partial charge in [0.1, 0.15) is 0 Å². The largest absolute Gasteiger partial charge is 0.348 e. The molecule has 0 fully saturated rings. The van der Waals surface area contributed by atoms with Gasteiger partial charge in [0.05, 0.1) is 12.2 Å². The number of rotatable bonds is 6. The number of aryl methyl sites for hydroxylation is 1. The standard InChI is InChI=1S/C17H16N4O3/c1-21-9-5-8-13(21)16(22)17(23)18-11-15-19-14(20-24-15)10-12-6-3-2-4-7-12/h2-9H,10-11H2,1H3,(H,18,23). The van der Waals surface area contributed by atoms with Gasteiger partial charge in [0.15, 0.2) is 5.82 Å². The predicted octanol–water partition coefficient (Wildman–Crippen LogP) is 1.50. The molecule has 122 valence electrons. The third-order valence-electron chi connectivity index (χ3n) is 3.50. The Hall–Kier alpha value is -3.22. The van der Waals surface area contributed by atoms with Gasteiger partial charge in [0, 0.05) is 19.7 Å². The molecule has 1 amide bonds. The summed E-state index contributed by atoms with van der Waals surface area (Å²) < 4.78 is 6.68. The summed E-state index contributed by atoms with van der Waals surface area (Å²) in [5.41, 5.74) is 1.38. The molecular weight excluding hydrogens is 308 g/mol. The molecule has 1 aromatic carbocycles. The average molecular weight is 324 g/mol. The summed E-state index contributed by atoms with van der Waals surface area (Å²) in [6.45, 7) is 0.0107. The van der Waals surface area contributed by atoms with E-state index in [1.807, 2.05) is 30.3 Å². The summed E-state index contributed by atoms with van der Waals surface area (Å²) in [6, 6.07) is 13.0. The summed E-state index contributed by atoms with van der Waals surface area (Å²) in [5, 5.41) is 6.37. The molecule has 2 aromatic heterocycles. The fourth-order valence-electron chi connectivity index (χ4n) is 2.26. The van der Waals surface area contributed by atoms with E-state index in [1.54, 1.807) is 29.9 Å². The molecular formula is C17H16N4O3. The third kappa shape index (κ3) is 3.57. The number of Topliss-reactive ketones (excluding diaryl/α,β-unsaturated/α-hetero) is 1. The zero-order valence-corrected chi connectivity index (χ0v) is 13.1. The van der Waals surface area contributed by atoms with Crippen molar-refractivity contribution in [1.82, 2.24) is 20.0 Å². The Morgan fingerprint density at radius 3 is 2.67 bits per heavy atom. The molecule has 1 N–H and O–H groups in total. The van der Waals surface area contributed by atoms with Gasteiger partial charge in [-0.15, -0.1) is 0 Å². The fourth-order valence-corrected chi connectivity index (χ4v) is 2.26. The van der Waals surface area contributed by atoms with E-state index in [0.717, 1.165) is 5.56 Å². The Labute approximate surface area is 138 Å². The lowest BCUT2D eigenvalue weighted by Gasteiger charge is -2.02. The van der Waals surface area contributed by atoms with Crippen LogP contribution in [0.2, 0.25) is 0 Å². The van der Waals surface area contributed by atoms with Crippen molar-refractivity contribution >= 4 is 11.7 Å². The Morgan fingerprint density at radius 1 is 1.17 bits per heavy atom. The number of hydrogen-bond acceptors (Lipinski definition) is 5. The first kappa shape index (κ1) is 15.7. The van der Waals surface area contributed by atoms with Crippen LogP contribution in [0.25, 0.3) is 0 Å². The first-order chi connectivity index (χ1) is 11.6. The van der Waals surface area contributed by atoms with Gasteiger partial charge in [-0.2, -0.15) is 4.98 Å². The Kier molecular flexibility index (Phi) is 4.51. The number of carbonyl (C=O) groups is 2. The lowest BCUT2D eigenvalue weighted by Crippen LogP contribution is -2.31. The summed E-state index contributed by atoms with van der Waals surface area (Å²) in [5.74, 6) is -0.528. The molecule has 0 saturated carbocycles. The summed E-state index contributed by atoms with van der Waals surface area (Å²) >= 11 is 0. The highest BCUT2D eigenvalue weighted by Gasteiger charge is 2.19. The molecule has 0 aliphatic rings. The second-order valence-electron chi connectivity index (χ2n) is 5.28. The van der Waals surface area contributed by atoms with Gasteiger partial charge >= 0.3 is 0 Å². The smallest absolute Gasteiger partial charge is 0.294 e. The lowest BCUT2D eigenvalue weighted by atomic mass is 10.1. The molecule has 3 rings (SSSR count). The Balaban J connectivity index is 1.56. The molecule has 3 aromatic rings. The van der Waals surface area contributed by atoms with Crippen LogP contribution in [0.15, 0.2) is 53.2 Å². The predicted molar refractivity (Wildman–Crippen MR) is 85.1 cm³/mol. The van der Waals surface area contributed by atoms with Crippen LogP contribution in [0.4, 0.5) is 0 Å². The number of amides is 1. The minimum atomic E-state index is -0.709. The number of aromatic nitrogens is 3. The van der Waals surface area contributed by atoms with Crippen LogP contribution in [-0.4, -0.2) is 26.4 Å². The maximum absolute atomic E-state index is 12.0. The van der Waals surface area contributed by atoms with Crippen molar-refractivity contribution in [2.45, 2.75) is 13.0 Å². The maximum atomic E-state index is 12.0. The molecule has 2 heterocycles. The van der Waals surface area contributed by atoms with Crippen molar-refractivity contribution in [1.29, 1.82) is 0 Å². The monoisotopic (exact) mass is 324 g/mol. The van der Waals surface area contributed by atoms with E-state index in [4.69, 9.17) is 4.52 Å². The highest BCUT2D eigenvalue weighted by atomic mass is 16.5. The molecule has 0 saturated heterocycles. The fraction of sp³-hybridized carbons (Fsp3) is 0.176. The van der Waals surface area contributed by atoms with Crippen LogP contribution in [0.1, 0.15) is 27.8 Å². The molecule has 0 radical (unpaired) electrons. The van der Waals surface area contributed by atoms with Crippen LogP contribution in [-0.2, 0) is 24.8 Å². The molecule has 24 heavy (non-hydrogen) atoms. The van der Waals surface area contributed by atoms with Crippen molar-refractivity contribution in [3.05, 3.63) is 71.6 Å². The van der Waals surface area contributed by atoms with Gasteiger partial charge in [-0.3, -0.25) is 9.59 Å². The van der Waals surface area contributed by atoms with Gasteiger partial charge in [-0.05, 0) is 17.7 Å². The summed E-state index contributed by atoms with van der Waals surface area (Å²) in [6.07, 6.45) is 2.24. The van der Waals surface area contributed by atoms with Gasteiger partial charge in [0.2, 0.25) is 5.89 Å². The highest BCUT2D eigenvalue weighted by Crippen LogP contribution is 2.07. The number of nitrogens with zero attached hydrogens (tertiary/aromatic N) is 3. The quantitative estimate of drug-likeness (QED) is 0.548. The van der Waals surface area contributed by atoms with Crippen LogP contribution in [0, 0.1) is 0 Å². The van der Waals surface area contributed by atoms with Crippen LogP contribution < -0.4 is 5.32 Å². The van der Waals surface area contributed by atoms with Crippen molar-refractivity contribution in [3.8, 4) is 0 Å². The zero-order valence-electron chi connectivity index (χ0n) is 13.1. The van der Waals surface area contributed by atoms with Crippen LogP contribution >= 0.6 is 0 Å². The molecule has 7 nitrogen and oxygen atoms in total. The van der Waals surface area contributed by atoms with Crippen LogP contribution in [0.3, 0.4) is 0 Å². The Bertz CT molecular complexity index is 852. The van der Waals surface area contributed by atoms with Crippen molar-refractivity contribution in [2.24, 2.45) is 7.05 Å². The number of hydrogen-bond donors (Lipinski definition) is 1. The minimum Gasteiger partial charge on any atom is -0.348 e. The number of benzene rings is 1. The third-order valence-corrected chi connectivity index (χ3v) is 3.50. The second-order valence-corrected chi connectivity index (χ2v) is 5.28. The average Bonchev–Trinajstić information content (AvgIpc) is 3.22. The summed E-state index contributed by atoms with van der Waals surface area (Å²) in [7, 11) is 1.70. The van der Waals surface area contributed by atoms with E-state index < -0.39 is 11.7 Å². The van der Waals surface area contributed by atoms with Gasteiger partial charge in [-0.25, -0.2) is 0 Å². The van der Waals surface area contributed by atoms with Crippen molar-refractivity contribution < 1.29 is 14.1 Å². The van der Waals surface area contributed by atoms with E-state index in [9.17, 15) is 9.59 Å². The lowest BCUT2D eigenvalue weighted by molar-refractivity contribution is -0.117. The van der Waals surface area contributed by atoms with Crippen molar-refractivity contribution in [2.75, 3.05) is 0 Å². The first-order valence-electron chi connectivity index (χ1n) is 7.43. The summed E-state index contributed by atoms with van der Waals surface area (Å²) in [4.78, 5) is 28.1. The van der Waals surface area contributed by atoms with E-state index in [-0.39, 0.29) is 12.4 Å². The van der Waals surface area contributed by atoms with E-state index in [2.05, 4.69) is 15.5 Å². The minimum absolute atomic E-state index is 0.0107. The molecule has 0 unspecified atom stereocenters.